The third-order valence-corrected chi connectivity index (χ3v) is 8.09. The Kier molecular flexibility index (Phi) is 5.27. The van der Waals surface area contributed by atoms with Crippen molar-refractivity contribution in [2.24, 2.45) is 22.7 Å². The molecule has 5 atom stereocenters. The fourth-order valence-corrected chi connectivity index (χ4v) is 6.48. The summed E-state index contributed by atoms with van der Waals surface area (Å²) in [6, 6.07) is 0. The Morgan fingerprint density at radius 1 is 1.07 bits per heavy atom. The number of hydrogen-bond acceptors (Lipinski definition) is 5. The zero-order valence-electron chi connectivity index (χ0n) is 18.5. The van der Waals surface area contributed by atoms with Gasteiger partial charge in [0.25, 0.3) is 0 Å². The van der Waals surface area contributed by atoms with Crippen LogP contribution in [0.1, 0.15) is 66.2 Å². The number of Topliss-reactive ketones (excluding diaryl/α,β-unsaturated/α-hetero) is 1. The number of fused-ring (bicyclic) bond motifs is 5. The van der Waals surface area contributed by atoms with E-state index in [0.717, 1.165) is 38.5 Å². The standard InChI is InChI=1S/C25H32O5/c1-15(26)29-14-23(28)22-8-7-20-19-6-5-17-13-18(30-16(2)27)9-11-24(17,3)21(19)10-12-25(20,22)4/h5-6,10,18,20,22H,7-9,11-14H2,1-4H3/t18-,20-,22+,24-,25-/m1/s1. The van der Waals surface area contributed by atoms with Crippen molar-refractivity contribution in [3.63, 3.8) is 0 Å². The molecule has 0 amide bonds. The average Bonchev–Trinajstić information content (AvgIpc) is 3.03. The highest BCUT2D eigenvalue weighted by Crippen LogP contribution is 2.62. The zero-order chi connectivity index (χ0) is 21.7. The van der Waals surface area contributed by atoms with E-state index < -0.39 is 5.97 Å². The summed E-state index contributed by atoms with van der Waals surface area (Å²) in [4.78, 5) is 35.3. The Bertz CT molecular complexity index is 878. The Morgan fingerprint density at radius 3 is 2.53 bits per heavy atom. The second-order valence-electron chi connectivity index (χ2n) is 9.88. The first-order valence-electron chi connectivity index (χ1n) is 11.1. The van der Waals surface area contributed by atoms with Gasteiger partial charge < -0.3 is 9.47 Å². The van der Waals surface area contributed by atoms with Gasteiger partial charge in [0.05, 0.1) is 0 Å². The van der Waals surface area contributed by atoms with E-state index in [2.05, 4.69) is 32.1 Å². The number of hydrogen-bond donors (Lipinski definition) is 0. The molecule has 30 heavy (non-hydrogen) atoms. The van der Waals surface area contributed by atoms with E-state index in [1.165, 1.54) is 30.6 Å². The van der Waals surface area contributed by atoms with Gasteiger partial charge in [-0.05, 0) is 54.6 Å². The molecule has 2 saturated carbocycles. The number of ether oxygens (including phenoxy) is 2. The zero-order valence-corrected chi connectivity index (χ0v) is 18.5. The summed E-state index contributed by atoms with van der Waals surface area (Å²) >= 11 is 0. The van der Waals surface area contributed by atoms with Gasteiger partial charge in [0.2, 0.25) is 0 Å². The van der Waals surface area contributed by atoms with Gasteiger partial charge in [-0.2, -0.15) is 0 Å². The molecule has 0 N–H and O–H groups in total. The van der Waals surface area contributed by atoms with E-state index >= 15 is 0 Å². The van der Waals surface area contributed by atoms with Crippen molar-refractivity contribution >= 4 is 17.7 Å². The summed E-state index contributed by atoms with van der Waals surface area (Å²) < 4.78 is 10.5. The van der Waals surface area contributed by atoms with Gasteiger partial charge >= 0.3 is 11.9 Å². The van der Waals surface area contributed by atoms with E-state index in [4.69, 9.17) is 9.47 Å². The van der Waals surface area contributed by atoms with Crippen molar-refractivity contribution in [3.8, 4) is 0 Å². The topological polar surface area (TPSA) is 69.7 Å². The first kappa shape index (κ1) is 21.1. The summed E-state index contributed by atoms with van der Waals surface area (Å²) in [5, 5.41) is 0. The molecule has 0 aromatic heterocycles. The number of esters is 2. The largest absolute Gasteiger partial charge is 0.462 e. The van der Waals surface area contributed by atoms with Gasteiger partial charge in [0.1, 0.15) is 12.7 Å². The summed E-state index contributed by atoms with van der Waals surface area (Å²) in [7, 11) is 0. The molecule has 0 radical (unpaired) electrons. The molecule has 0 bridgehead atoms. The minimum Gasteiger partial charge on any atom is -0.462 e. The summed E-state index contributed by atoms with van der Waals surface area (Å²) in [5.74, 6) is -0.283. The molecule has 5 heteroatoms. The number of carbonyl (C=O) groups excluding carboxylic acids is 3. The van der Waals surface area contributed by atoms with Crippen LogP contribution in [0.3, 0.4) is 0 Å². The second-order valence-corrected chi connectivity index (χ2v) is 9.88. The maximum Gasteiger partial charge on any atom is 0.303 e. The molecule has 2 fully saturated rings. The van der Waals surface area contributed by atoms with Crippen LogP contribution in [0.15, 0.2) is 34.9 Å². The summed E-state index contributed by atoms with van der Waals surface area (Å²) in [5.41, 5.74) is 4.00. The molecule has 0 aliphatic heterocycles. The van der Waals surface area contributed by atoms with E-state index in [1.54, 1.807) is 0 Å². The predicted molar refractivity (Wildman–Crippen MR) is 112 cm³/mol. The number of allylic oxidation sites excluding steroid dienone is 5. The van der Waals surface area contributed by atoms with Crippen LogP contribution in [-0.2, 0) is 23.9 Å². The van der Waals surface area contributed by atoms with Gasteiger partial charge in [0, 0.05) is 31.6 Å². The lowest BCUT2D eigenvalue weighted by atomic mass is 9.55. The molecule has 4 rings (SSSR count). The molecule has 4 aliphatic carbocycles. The molecule has 0 aromatic carbocycles. The second kappa shape index (κ2) is 7.51. The predicted octanol–water partition coefficient (Wildman–Crippen LogP) is 4.47. The quantitative estimate of drug-likeness (QED) is 0.637. The van der Waals surface area contributed by atoms with Crippen molar-refractivity contribution < 1.29 is 23.9 Å². The van der Waals surface area contributed by atoms with E-state index in [-0.39, 0.29) is 41.2 Å². The highest BCUT2D eigenvalue weighted by molar-refractivity contribution is 5.85. The average molecular weight is 413 g/mol. The van der Waals surface area contributed by atoms with Crippen LogP contribution >= 0.6 is 0 Å². The Balaban J connectivity index is 1.59. The van der Waals surface area contributed by atoms with Gasteiger partial charge in [-0.15, -0.1) is 0 Å². The van der Waals surface area contributed by atoms with E-state index in [1.807, 2.05) is 0 Å². The maximum absolute atomic E-state index is 12.8. The van der Waals surface area contributed by atoms with Crippen LogP contribution < -0.4 is 0 Å². The minimum atomic E-state index is -0.404. The summed E-state index contributed by atoms with van der Waals surface area (Å²) in [6.07, 6.45) is 12.2. The maximum atomic E-state index is 12.8. The van der Waals surface area contributed by atoms with Crippen LogP contribution in [0.25, 0.3) is 0 Å². The van der Waals surface area contributed by atoms with Crippen molar-refractivity contribution in [2.45, 2.75) is 72.3 Å². The lowest BCUT2D eigenvalue weighted by Crippen LogP contribution is -2.42. The molecule has 0 unspecified atom stereocenters. The van der Waals surface area contributed by atoms with Gasteiger partial charge in [-0.3, -0.25) is 14.4 Å². The van der Waals surface area contributed by atoms with Gasteiger partial charge in [0.15, 0.2) is 5.78 Å². The third kappa shape index (κ3) is 3.36. The van der Waals surface area contributed by atoms with Crippen molar-refractivity contribution in [3.05, 3.63) is 34.9 Å². The molecular weight excluding hydrogens is 380 g/mol. The first-order valence-corrected chi connectivity index (χ1v) is 11.1. The van der Waals surface area contributed by atoms with Crippen LogP contribution in [-0.4, -0.2) is 30.4 Å². The monoisotopic (exact) mass is 412 g/mol. The summed E-state index contributed by atoms with van der Waals surface area (Å²) in [6.45, 7) is 7.26. The highest BCUT2D eigenvalue weighted by Gasteiger charge is 2.55. The molecule has 0 heterocycles. The fourth-order valence-electron chi connectivity index (χ4n) is 6.48. The third-order valence-electron chi connectivity index (χ3n) is 8.09. The van der Waals surface area contributed by atoms with Crippen LogP contribution in [0, 0.1) is 22.7 Å². The Labute approximate surface area is 178 Å². The van der Waals surface area contributed by atoms with Crippen molar-refractivity contribution in [1.82, 2.24) is 0 Å². The molecular formula is C25H32O5. The number of ketones is 1. The lowest BCUT2D eigenvalue weighted by molar-refractivity contribution is -0.148. The Hall–Kier alpha value is -2.17. The van der Waals surface area contributed by atoms with E-state index in [9.17, 15) is 14.4 Å². The number of carbonyl (C=O) groups is 3. The van der Waals surface area contributed by atoms with Gasteiger partial charge in [-0.25, -0.2) is 0 Å². The van der Waals surface area contributed by atoms with Gasteiger partial charge in [-0.1, -0.05) is 37.6 Å². The SMILES string of the molecule is CC(=O)OCC(=O)[C@@H]1CC[C@@H]2C3=CC=C4C[C@H](OC(C)=O)CC[C@@]4(C)C3=CC[C@]21C. The molecule has 162 valence electrons. The Morgan fingerprint density at radius 2 is 1.83 bits per heavy atom. The molecule has 5 nitrogen and oxygen atoms in total. The fraction of sp³-hybridized carbons (Fsp3) is 0.640. The van der Waals surface area contributed by atoms with Crippen LogP contribution in [0.5, 0.6) is 0 Å². The minimum absolute atomic E-state index is 0.0120. The highest BCUT2D eigenvalue weighted by atomic mass is 16.5. The molecule has 0 saturated heterocycles. The first-order chi connectivity index (χ1) is 14.1. The number of rotatable bonds is 4. The van der Waals surface area contributed by atoms with Crippen molar-refractivity contribution in [2.75, 3.05) is 6.61 Å². The normalized spacial score (nSPS) is 36.9. The van der Waals surface area contributed by atoms with Crippen molar-refractivity contribution in [1.29, 1.82) is 0 Å². The molecule has 4 aliphatic rings. The van der Waals surface area contributed by atoms with Crippen LogP contribution in [0.4, 0.5) is 0 Å². The smallest absolute Gasteiger partial charge is 0.303 e. The van der Waals surface area contributed by atoms with E-state index in [0.29, 0.717) is 5.92 Å². The lowest BCUT2D eigenvalue weighted by Gasteiger charge is -2.50. The molecule has 0 spiro atoms. The van der Waals surface area contributed by atoms with Crippen LogP contribution in [0.2, 0.25) is 0 Å². The molecule has 0 aromatic rings.